The summed E-state index contributed by atoms with van der Waals surface area (Å²) in [6, 6.07) is 6.20. The number of likely N-dealkylation sites (tertiary alicyclic amines) is 1. The van der Waals surface area contributed by atoms with E-state index in [1.165, 1.54) is 0 Å². The van der Waals surface area contributed by atoms with Gasteiger partial charge in [0, 0.05) is 31.5 Å². The van der Waals surface area contributed by atoms with E-state index in [0.29, 0.717) is 30.8 Å². The van der Waals surface area contributed by atoms with E-state index in [1.807, 2.05) is 12.1 Å². The molecule has 0 aromatic carbocycles. The number of nitriles is 3. The lowest BCUT2D eigenvalue weighted by atomic mass is 9.72. The number of nitrogens with zero attached hydrogens (tertiary/aromatic N) is 4. The lowest BCUT2D eigenvalue weighted by Crippen LogP contribution is -2.39. The minimum Gasteiger partial charge on any atom is -0.382 e. The van der Waals surface area contributed by atoms with Crippen molar-refractivity contribution >= 4 is 0 Å². The SMILES string of the molecule is COCCOC1CCN(C2=C(C#N)C(=C(C#N)C#N)CC(C)(C)C2)CC1. The number of allylic oxidation sites excluding steroid dienone is 4. The summed E-state index contributed by atoms with van der Waals surface area (Å²) in [4.78, 5) is 2.24. The molecule has 0 N–H and O–H groups in total. The standard InChI is InChI=1S/C20H26N4O2/c1-20(2)10-17(15(12-21)13-22)18(14-23)19(11-20)24-6-4-16(5-7-24)26-9-8-25-3/h16H,4-11H2,1-3H3. The highest BCUT2D eigenvalue weighted by atomic mass is 16.5. The maximum Gasteiger partial charge on any atom is 0.134 e. The summed E-state index contributed by atoms with van der Waals surface area (Å²) in [5.41, 5.74) is 2.06. The molecule has 0 radical (unpaired) electrons. The van der Waals surface area contributed by atoms with Crippen LogP contribution in [0, 0.1) is 39.4 Å². The lowest BCUT2D eigenvalue weighted by Gasteiger charge is -2.41. The van der Waals surface area contributed by atoms with E-state index in [2.05, 4.69) is 24.8 Å². The van der Waals surface area contributed by atoms with E-state index in [-0.39, 0.29) is 17.1 Å². The van der Waals surface area contributed by atoms with Crippen molar-refractivity contribution in [3.63, 3.8) is 0 Å². The molecule has 138 valence electrons. The summed E-state index contributed by atoms with van der Waals surface area (Å²) in [6.07, 6.45) is 3.36. The first kappa shape index (κ1) is 20.0. The van der Waals surface area contributed by atoms with Gasteiger partial charge in [-0.3, -0.25) is 0 Å². The number of piperidine rings is 1. The van der Waals surface area contributed by atoms with Crippen LogP contribution in [0.2, 0.25) is 0 Å². The molecule has 2 aliphatic rings. The lowest BCUT2D eigenvalue weighted by molar-refractivity contribution is -0.0113. The third-order valence-electron chi connectivity index (χ3n) is 4.99. The van der Waals surface area contributed by atoms with Gasteiger partial charge in [-0.1, -0.05) is 13.8 Å². The summed E-state index contributed by atoms with van der Waals surface area (Å²) >= 11 is 0. The summed E-state index contributed by atoms with van der Waals surface area (Å²) in [6.45, 7) is 7.06. The molecule has 0 aromatic heterocycles. The number of hydrogen-bond donors (Lipinski definition) is 0. The van der Waals surface area contributed by atoms with Gasteiger partial charge in [0.2, 0.25) is 0 Å². The highest BCUT2D eigenvalue weighted by Gasteiger charge is 2.35. The molecule has 0 spiro atoms. The molecule has 6 nitrogen and oxygen atoms in total. The number of methoxy groups -OCH3 is 1. The Kier molecular flexibility index (Phi) is 6.81. The molecule has 0 atom stereocenters. The quantitative estimate of drug-likeness (QED) is 0.556. The Morgan fingerprint density at radius 2 is 1.77 bits per heavy atom. The highest BCUT2D eigenvalue weighted by molar-refractivity contribution is 5.57. The smallest absolute Gasteiger partial charge is 0.134 e. The van der Waals surface area contributed by atoms with Crippen molar-refractivity contribution in [2.75, 3.05) is 33.4 Å². The van der Waals surface area contributed by atoms with Crippen LogP contribution in [0.25, 0.3) is 0 Å². The van der Waals surface area contributed by atoms with Gasteiger partial charge in [-0.2, -0.15) is 15.8 Å². The third kappa shape index (κ3) is 4.64. The summed E-state index contributed by atoms with van der Waals surface area (Å²) in [5, 5.41) is 28.3. The van der Waals surface area contributed by atoms with E-state index >= 15 is 0 Å². The normalized spacial score (nSPS) is 20.3. The van der Waals surface area contributed by atoms with Gasteiger partial charge in [0.15, 0.2) is 0 Å². The van der Waals surface area contributed by atoms with Crippen LogP contribution in [0.3, 0.4) is 0 Å². The maximum atomic E-state index is 9.74. The summed E-state index contributed by atoms with van der Waals surface area (Å²) in [7, 11) is 1.66. The Balaban J connectivity index is 2.24. The Morgan fingerprint density at radius 1 is 1.12 bits per heavy atom. The molecule has 0 aromatic rings. The van der Waals surface area contributed by atoms with E-state index in [1.54, 1.807) is 7.11 Å². The molecule has 0 unspecified atom stereocenters. The van der Waals surface area contributed by atoms with Crippen molar-refractivity contribution in [3.8, 4) is 18.2 Å². The fourth-order valence-corrected chi connectivity index (χ4v) is 3.71. The average molecular weight is 354 g/mol. The molecule has 2 rings (SSSR count). The molecule has 6 heteroatoms. The molecule has 0 amide bonds. The Bertz CT molecular complexity index is 692. The van der Waals surface area contributed by atoms with Gasteiger partial charge in [-0.25, -0.2) is 0 Å². The van der Waals surface area contributed by atoms with E-state index in [9.17, 15) is 15.8 Å². The largest absolute Gasteiger partial charge is 0.382 e. The molecule has 0 saturated carbocycles. The van der Waals surface area contributed by atoms with Gasteiger partial charge in [0.25, 0.3) is 0 Å². The predicted octanol–water partition coefficient (Wildman–Crippen LogP) is 3.06. The second-order valence-electron chi connectivity index (χ2n) is 7.58. The van der Waals surface area contributed by atoms with Crippen LogP contribution in [0.4, 0.5) is 0 Å². The fraction of sp³-hybridized carbons (Fsp3) is 0.650. The molecular weight excluding hydrogens is 328 g/mol. The van der Waals surface area contributed by atoms with Crippen molar-refractivity contribution in [2.24, 2.45) is 5.41 Å². The van der Waals surface area contributed by atoms with Crippen molar-refractivity contribution in [1.29, 1.82) is 15.8 Å². The van der Waals surface area contributed by atoms with Crippen LogP contribution in [0.15, 0.2) is 22.4 Å². The first-order valence-corrected chi connectivity index (χ1v) is 8.98. The maximum absolute atomic E-state index is 9.74. The summed E-state index contributed by atoms with van der Waals surface area (Å²) in [5.74, 6) is 0. The van der Waals surface area contributed by atoms with E-state index in [4.69, 9.17) is 9.47 Å². The molecule has 26 heavy (non-hydrogen) atoms. The van der Waals surface area contributed by atoms with Gasteiger partial charge >= 0.3 is 0 Å². The zero-order valence-electron chi connectivity index (χ0n) is 15.8. The highest BCUT2D eigenvalue weighted by Crippen LogP contribution is 2.44. The van der Waals surface area contributed by atoms with E-state index < -0.39 is 0 Å². The van der Waals surface area contributed by atoms with Crippen molar-refractivity contribution < 1.29 is 9.47 Å². The zero-order valence-corrected chi connectivity index (χ0v) is 15.8. The van der Waals surface area contributed by atoms with Crippen LogP contribution >= 0.6 is 0 Å². The first-order chi connectivity index (χ1) is 12.5. The Morgan fingerprint density at radius 3 is 2.31 bits per heavy atom. The van der Waals surface area contributed by atoms with Crippen molar-refractivity contribution in [3.05, 3.63) is 22.4 Å². The number of hydrogen-bond acceptors (Lipinski definition) is 6. The second-order valence-corrected chi connectivity index (χ2v) is 7.58. The monoisotopic (exact) mass is 354 g/mol. The van der Waals surface area contributed by atoms with Crippen LogP contribution in [-0.4, -0.2) is 44.4 Å². The summed E-state index contributed by atoms with van der Waals surface area (Å²) < 4.78 is 10.8. The second kappa shape index (κ2) is 8.86. The third-order valence-corrected chi connectivity index (χ3v) is 4.99. The molecule has 0 bridgehead atoms. The predicted molar refractivity (Wildman–Crippen MR) is 96.3 cm³/mol. The number of rotatable bonds is 5. The van der Waals surface area contributed by atoms with Crippen LogP contribution in [0.1, 0.15) is 39.5 Å². The first-order valence-electron chi connectivity index (χ1n) is 8.98. The van der Waals surface area contributed by atoms with Gasteiger partial charge in [-0.05, 0) is 31.1 Å². The van der Waals surface area contributed by atoms with Gasteiger partial charge in [0.05, 0.1) is 24.9 Å². The van der Waals surface area contributed by atoms with Gasteiger partial charge < -0.3 is 14.4 Å². The fourth-order valence-electron chi connectivity index (χ4n) is 3.71. The number of ether oxygens (including phenoxy) is 2. The Hall–Kier alpha value is -2.33. The molecule has 1 aliphatic carbocycles. The van der Waals surface area contributed by atoms with E-state index in [0.717, 1.165) is 38.0 Å². The van der Waals surface area contributed by atoms with Crippen LogP contribution in [-0.2, 0) is 9.47 Å². The average Bonchev–Trinajstić information content (AvgIpc) is 2.62. The molecule has 1 heterocycles. The topological polar surface area (TPSA) is 93.1 Å². The van der Waals surface area contributed by atoms with Crippen LogP contribution in [0.5, 0.6) is 0 Å². The molecule has 1 saturated heterocycles. The Labute approximate surface area is 155 Å². The molecule has 1 fully saturated rings. The molecular formula is C20H26N4O2. The van der Waals surface area contributed by atoms with Crippen molar-refractivity contribution in [1.82, 2.24) is 4.90 Å². The zero-order chi connectivity index (χ0) is 19.2. The minimum atomic E-state index is -0.0875. The van der Waals surface area contributed by atoms with Crippen LogP contribution < -0.4 is 0 Å². The van der Waals surface area contributed by atoms with Crippen molar-refractivity contribution in [2.45, 2.75) is 45.6 Å². The minimum absolute atomic E-state index is 0.0598. The molecule has 1 aliphatic heterocycles. The van der Waals surface area contributed by atoms with Gasteiger partial charge in [0.1, 0.15) is 23.8 Å². The van der Waals surface area contributed by atoms with Gasteiger partial charge in [-0.15, -0.1) is 0 Å².